The second-order valence-corrected chi connectivity index (χ2v) is 4.10. The fourth-order valence-electron chi connectivity index (χ4n) is 1.04. The molecule has 0 bridgehead atoms. The van der Waals surface area contributed by atoms with E-state index in [2.05, 4.69) is 21.2 Å². The number of primary amides is 1. The van der Waals surface area contributed by atoms with Crippen LogP contribution in [0.15, 0.2) is 28.7 Å². The number of amides is 2. The molecule has 90 valence electrons. The number of hydrogen-bond donors (Lipinski definition) is 2. The maximum Gasteiger partial charge on any atom is 0.244 e. The van der Waals surface area contributed by atoms with E-state index in [0.717, 1.165) is 6.08 Å². The second kappa shape index (κ2) is 6.15. The SMILES string of the molecule is NC(=O)CNC(=O)/C=C/c1cc(Br)ccc1F. The Hall–Kier alpha value is -1.69. The average molecular weight is 301 g/mol. The molecule has 2 amide bonds. The molecule has 1 aromatic carbocycles. The van der Waals surface area contributed by atoms with Gasteiger partial charge in [-0.15, -0.1) is 0 Å². The molecule has 3 N–H and O–H groups in total. The minimum absolute atomic E-state index is 0.246. The van der Waals surface area contributed by atoms with Crippen molar-refractivity contribution in [2.75, 3.05) is 6.54 Å². The van der Waals surface area contributed by atoms with Crippen molar-refractivity contribution in [3.8, 4) is 0 Å². The number of carbonyl (C=O) groups is 2. The number of nitrogens with one attached hydrogen (secondary N) is 1. The lowest BCUT2D eigenvalue weighted by Gasteiger charge is -1.99. The van der Waals surface area contributed by atoms with Gasteiger partial charge in [0.1, 0.15) is 5.82 Å². The van der Waals surface area contributed by atoms with E-state index < -0.39 is 17.6 Å². The van der Waals surface area contributed by atoms with Gasteiger partial charge >= 0.3 is 0 Å². The zero-order valence-corrected chi connectivity index (χ0v) is 10.3. The first-order chi connectivity index (χ1) is 7.99. The van der Waals surface area contributed by atoms with Crippen LogP contribution in [0.5, 0.6) is 0 Å². The van der Waals surface area contributed by atoms with Gasteiger partial charge in [0, 0.05) is 16.1 Å². The van der Waals surface area contributed by atoms with E-state index in [0.29, 0.717) is 4.47 Å². The lowest BCUT2D eigenvalue weighted by atomic mass is 10.2. The van der Waals surface area contributed by atoms with Crippen LogP contribution in [0.3, 0.4) is 0 Å². The summed E-state index contributed by atoms with van der Waals surface area (Å²) < 4.78 is 14.0. The third kappa shape index (κ3) is 4.78. The van der Waals surface area contributed by atoms with Crippen molar-refractivity contribution in [3.63, 3.8) is 0 Å². The maximum absolute atomic E-state index is 13.3. The van der Waals surface area contributed by atoms with Gasteiger partial charge < -0.3 is 11.1 Å². The van der Waals surface area contributed by atoms with Gasteiger partial charge in [0.2, 0.25) is 11.8 Å². The molecular weight excluding hydrogens is 291 g/mol. The van der Waals surface area contributed by atoms with Crippen LogP contribution in [0, 0.1) is 5.82 Å². The van der Waals surface area contributed by atoms with Crippen LogP contribution < -0.4 is 11.1 Å². The van der Waals surface area contributed by atoms with Crippen LogP contribution in [0.25, 0.3) is 6.08 Å². The standard InChI is InChI=1S/C11H10BrFN2O2/c12-8-2-3-9(13)7(5-8)1-4-11(17)15-6-10(14)16/h1-5H,6H2,(H2,14,16)(H,15,17)/b4-1+. The van der Waals surface area contributed by atoms with Crippen molar-refractivity contribution >= 4 is 33.8 Å². The van der Waals surface area contributed by atoms with Crippen LogP contribution >= 0.6 is 15.9 Å². The van der Waals surface area contributed by atoms with Crippen molar-refractivity contribution in [2.45, 2.75) is 0 Å². The maximum atomic E-state index is 13.3. The third-order valence-electron chi connectivity index (χ3n) is 1.81. The summed E-state index contributed by atoms with van der Waals surface area (Å²) in [5.41, 5.74) is 5.12. The quantitative estimate of drug-likeness (QED) is 0.820. The Balaban J connectivity index is 2.67. The highest BCUT2D eigenvalue weighted by atomic mass is 79.9. The molecule has 0 aromatic heterocycles. The zero-order chi connectivity index (χ0) is 12.8. The van der Waals surface area contributed by atoms with Crippen LogP contribution in [0.2, 0.25) is 0 Å². The molecule has 0 aliphatic rings. The molecular formula is C11H10BrFN2O2. The smallest absolute Gasteiger partial charge is 0.244 e. The fraction of sp³-hybridized carbons (Fsp3) is 0.0909. The molecule has 0 unspecified atom stereocenters. The van der Waals surface area contributed by atoms with Crippen LogP contribution in [0.4, 0.5) is 4.39 Å². The lowest BCUT2D eigenvalue weighted by molar-refractivity contribution is -0.122. The Morgan fingerprint density at radius 1 is 1.47 bits per heavy atom. The molecule has 17 heavy (non-hydrogen) atoms. The van der Waals surface area contributed by atoms with Crippen molar-refractivity contribution < 1.29 is 14.0 Å². The lowest BCUT2D eigenvalue weighted by Crippen LogP contribution is -2.32. The Labute approximate surface area is 106 Å². The Morgan fingerprint density at radius 3 is 2.82 bits per heavy atom. The summed E-state index contributed by atoms with van der Waals surface area (Å²) in [5, 5.41) is 2.25. The largest absolute Gasteiger partial charge is 0.368 e. The molecule has 0 saturated carbocycles. The first-order valence-corrected chi connectivity index (χ1v) is 5.47. The molecule has 0 fully saturated rings. The van der Waals surface area contributed by atoms with E-state index in [9.17, 15) is 14.0 Å². The molecule has 1 aromatic rings. The summed E-state index contributed by atoms with van der Waals surface area (Å²) in [6.07, 6.45) is 2.45. The first-order valence-electron chi connectivity index (χ1n) is 4.68. The van der Waals surface area contributed by atoms with Gasteiger partial charge in [-0.2, -0.15) is 0 Å². The molecule has 0 aliphatic heterocycles. The monoisotopic (exact) mass is 300 g/mol. The number of nitrogens with two attached hydrogens (primary N) is 1. The van der Waals surface area contributed by atoms with E-state index >= 15 is 0 Å². The predicted molar refractivity (Wildman–Crippen MR) is 65.3 cm³/mol. The second-order valence-electron chi connectivity index (χ2n) is 3.18. The highest BCUT2D eigenvalue weighted by molar-refractivity contribution is 9.10. The van der Waals surface area contributed by atoms with Crippen molar-refractivity contribution in [1.29, 1.82) is 0 Å². The van der Waals surface area contributed by atoms with Crippen LogP contribution in [0.1, 0.15) is 5.56 Å². The summed E-state index contributed by atoms with van der Waals surface area (Å²) in [6, 6.07) is 4.37. The minimum Gasteiger partial charge on any atom is -0.368 e. The van der Waals surface area contributed by atoms with Gasteiger partial charge in [-0.3, -0.25) is 9.59 Å². The van der Waals surface area contributed by atoms with Crippen LogP contribution in [-0.4, -0.2) is 18.4 Å². The summed E-state index contributed by atoms with van der Waals surface area (Å²) >= 11 is 3.19. The third-order valence-corrected chi connectivity index (χ3v) is 2.30. The molecule has 0 radical (unpaired) electrons. The number of benzene rings is 1. The first kappa shape index (κ1) is 13.4. The zero-order valence-electron chi connectivity index (χ0n) is 8.74. The Kier molecular flexibility index (Phi) is 4.84. The van der Waals surface area contributed by atoms with E-state index in [1.807, 2.05) is 0 Å². The number of halogens is 2. The number of carbonyl (C=O) groups excluding carboxylic acids is 2. The summed E-state index contributed by atoms with van der Waals surface area (Å²) in [7, 11) is 0. The Morgan fingerprint density at radius 2 is 2.18 bits per heavy atom. The van der Waals surface area contributed by atoms with Crippen LogP contribution in [-0.2, 0) is 9.59 Å². The highest BCUT2D eigenvalue weighted by Crippen LogP contribution is 2.16. The normalized spacial score (nSPS) is 10.5. The molecule has 6 heteroatoms. The highest BCUT2D eigenvalue weighted by Gasteiger charge is 2.01. The molecule has 0 atom stereocenters. The van der Waals surface area contributed by atoms with Gasteiger partial charge in [0.15, 0.2) is 0 Å². The van der Waals surface area contributed by atoms with Gasteiger partial charge in [0.25, 0.3) is 0 Å². The summed E-state index contributed by atoms with van der Waals surface area (Å²) in [4.78, 5) is 21.6. The van der Waals surface area contributed by atoms with E-state index in [1.165, 1.54) is 18.2 Å². The van der Waals surface area contributed by atoms with E-state index in [1.54, 1.807) is 6.07 Å². The number of rotatable bonds is 4. The van der Waals surface area contributed by atoms with E-state index in [4.69, 9.17) is 5.73 Å². The summed E-state index contributed by atoms with van der Waals surface area (Å²) in [5.74, 6) is -1.59. The molecule has 0 heterocycles. The van der Waals surface area contributed by atoms with Crippen molar-refractivity contribution in [1.82, 2.24) is 5.32 Å². The molecule has 0 saturated heterocycles. The van der Waals surface area contributed by atoms with Crippen molar-refractivity contribution in [3.05, 3.63) is 40.1 Å². The minimum atomic E-state index is -0.639. The van der Waals surface area contributed by atoms with Crippen molar-refractivity contribution in [2.24, 2.45) is 5.73 Å². The van der Waals surface area contributed by atoms with Gasteiger partial charge in [0.05, 0.1) is 6.54 Å². The molecule has 0 aliphatic carbocycles. The topological polar surface area (TPSA) is 72.2 Å². The van der Waals surface area contributed by atoms with Gasteiger partial charge in [-0.1, -0.05) is 15.9 Å². The van der Waals surface area contributed by atoms with Gasteiger partial charge in [-0.25, -0.2) is 4.39 Å². The Bertz CT molecular complexity index is 475. The molecule has 0 spiro atoms. The summed E-state index contributed by atoms with van der Waals surface area (Å²) in [6.45, 7) is -0.246. The molecule has 4 nitrogen and oxygen atoms in total. The van der Waals surface area contributed by atoms with E-state index in [-0.39, 0.29) is 12.1 Å². The molecule has 1 rings (SSSR count). The predicted octanol–water partition coefficient (Wildman–Crippen LogP) is 1.20. The van der Waals surface area contributed by atoms with Gasteiger partial charge in [-0.05, 0) is 24.3 Å². The number of hydrogen-bond acceptors (Lipinski definition) is 2. The fourth-order valence-corrected chi connectivity index (χ4v) is 1.42. The average Bonchev–Trinajstić information content (AvgIpc) is 2.27.